The van der Waals surface area contributed by atoms with Crippen molar-refractivity contribution in [3.05, 3.63) is 57.7 Å². The van der Waals surface area contributed by atoms with Crippen LogP contribution in [0.1, 0.15) is 12.5 Å². The van der Waals surface area contributed by atoms with Crippen LogP contribution >= 0.6 is 23.2 Å². The van der Waals surface area contributed by atoms with Crippen LogP contribution in [-0.2, 0) is 0 Å². The van der Waals surface area contributed by atoms with Gasteiger partial charge in [0.2, 0.25) is 0 Å². The number of rotatable bonds is 3. The maximum Gasteiger partial charge on any atom is 0.165 e. The van der Waals surface area contributed by atoms with E-state index in [1.54, 1.807) is 0 Å². The summed E-state index contributed by atoms with van der Waals surface area (Å²) in [6.07, 6.45) is 1.38. The zero-order valence-electron chi connectivity index (χ0n) is 10.3. The van der Waals surface area contributed by atoms with Gasteiger partial charge < -0.3 is 0 Å². The van der Waals surface area contributed by atoms with E-state index in [4.69, 9.17) is 23.2 Å². The van der Waals surface area contributed by atoms with Crippen molar-refractivity contribution in [3.63, 3.8) is 0 Å². The zero-order chi connectivity index (χ0) is 14.7. The summed E-state index contributed by atoms with van der Waals surface area (Å²) in [4.78, 5) is 3.92. The number of nitrogens with zero attached hydrogens (tertiary/aromatic N) is 2. The van der Waals surface area contributed by atoms with Crippen molar-refractivity contribution in [2.45, 2.75) is 6.92 Å². The number of benzene rings is 1. The summed E-state index contributed by atoms with van der Waals surface area (Å²) < 4.78 is 27.1. The van der Waals surface area contributed by atoms with Gasteiger partial charge in [-0.25, -0.2) is 13.8 Å². The van der Waals surface area contributed by atoms with Gasteiger partial charge in [-0.1, -0.05) is 29.3 Å². The lowest BCUT2D eigenvalue weighted by molar-refractivity contribution is 0.579. The van der Waals surface area contributed by atoms with E-state index in [-0.39, 0.29) is 22.1 Å². The Hall–Kier alpha value is -1.72. The molecule has 2 rings (SSSR count). The van der Waals surface area contributed by atoms with E-state index in [2.05, 4.69) is 15.5 Å². The second-order valence-corrected chi connectivity index (χ2v) is 4.73. The molecule has 3 nitrogen and oxygen atoms in total. The Balaban J connectivity index is 2.27. The molecule has 0 aliphatic rings. The predicted molar refractivity (Wildman–Crippen MR) is 76.4 cm³/mol. The standard InChI is InChI=1S/C13H9Cl2F2N3/c1-7(12-10(16)3-2-4-11(12)17)19-20-13-9(15)5-8(14)6-18-13/h2-6H,1H3,(H,18,20)/b19-7-. The minimum atomic E-state index is -0.691. The Bertz CT molecular complexity index is 654. The minimum absolute atomic E-state index is 0.133. The number of pyridine rings is 1. The molecule has 1 N–H and O–H groups in total. The Morgan fingerprint density at radius 2 is 1.90 bits per heavy atom. The number of hydrogen-bond donors (Lipinski definition) is 1. The van der Waals surface area contributed by atoms with E-state index >= 15 is 0 Å². The number of aromatic nitrogens is 1. The van der Waals surface area contributed by atoms with Gasteiger partial charge in [0.15, 0.2) is 5.82 Å². The second-order valence-electron chi connectivity index (χ2n) is 3.89. The highest BCUT2D eigenvalue weighted by molar-refractivity contribution is 6.35. The molecule has 1 heterocycles. The Labute approximate surface area is 124 Å². The van der Waals surface area contributed by atoms with Gasteiger partial charge in [-0.2, -0.15) is 5.10 Å². The lowest BCUT2D eigenvalue weighted by Crippen LogP contribution is -2.06. The Morgan fingerprint density at radius 1 is 1.25 bits per heavy atom. The summed E-state index contributed by atoms with van der Waals surface area (Å²) in [5, 5.41) is 4.50. The molecule has 20 heavy (non-hydrogen) atoms. The molecule has 0 spiro atoms. The number of anilines is 1. The molecule has 0 fully saturated rings. The predicted octanol–water partition coefficient (Wildman–Crippen LogP) is 4.50. The van der Waals surface area contributed by atoms with E-state index < -0.39 is 11.6 Å². The lowest BCUT2D eigenvalue weighted by atomic mass is 10.1. The van der Waals surface area contributed by atoms with Crippen LogP contribution in [0, 0.1) is 11.6 Å². The van der Waals surface area contributed by atoms with Crippen LogP contribution in [-0.4, -0.2) is 10.7 Å². The number of halogens is 4. The van der Waals surface area contributed by atoms with Crippen molar-refractivity contribution < 1.29 is 8.78 Å². The first-order valence-electron chi connectivity index (χ1n) is 5.54. The van der Waals surface area contributed by atoms with E-state index in [1.807, 2.05) is 0 Å². The van der Waals surface area contributed by atoms with Crippen LogP contribution in [0.25, 0.3) is 0 Å². The van der Waals surface area contributed by atoms with Gasteiger partial charge >= 0.3 is 0 Å². The molecule has 0 bridgehead atoms. The minimum Gasteiger partial charge on any atom is -0.260 e. The fraction of sp³-hybridized carbons (Fsp3) is 0.0769. The highest BCUT2D eigenvalue weighted by atomic mass is 35.5. The molecule has 0 aliphatic carbocycles. The summed E-state index contributed by atoms with van der Waals surface area (Å²) in [5.41, 5.74) is 2.47. The van der Waals surface area contributed by atoms with E-state index in [1.165, 1.54) is 25.3 Å². The van der Waals surface area contributed by atoms with Crippen molar-refractivity contribution in [3.8, 4) is 0 Å². The van der Waals surface area contributed by atoms with Gasteiger partial charge in [-0.3, -0.25) is 5.43 Å². The number of hydrogen-bond acceptors (Lipinski definition) is 3. The topological polar surface area (TPSA) is 37.3 Å². The summed E-state index contributed by atoms with van der Waals surface area (Å²) in [5.74, 6) is -1.14. The normalized spacial score (nSPS) is 11.6. The Kier molecular flexibility index (Phi) is 4.52. The fourth-order valence-corrected chi connectivity index (χ4v) is 1.96. The van der Waals surface area contributed by atoms with Gasteiger partial charge in [-0.15, -0.1) is 0 Å². The SMILES string of the molecule is C/C(=N/Nc1ncc(Cl)cc1Cl)c1c(F)cccc1F. The molecule has 7 heteroatoms. The third-order valence-corrected chi connectivity index (χ3v) is 2.96. The second kappa shape index (κ2) is 6.15. The Morgan fingerprint density at radius 3 is 2.50 bits per heavy atom. The van der Waals surface area contributed by atoms with E-state index in [0.717, 1.165) is 12.1 Å². The highest BCUT2D eigenvalue weighted by Gasteiger charge is 2.11. The first kappa shape index (κ1) is 14.7. The fourth-order valence-electron chi connectivity index (χ4n) is 1.53. The molecule has 0 aliphatic heterocycles. The number of nitrogens with one attached hydrogen (secondary N) is 1. The van der Waals surface area contributed by atoms with Crippen LogP contribution in [0.5, 0.6) is 0 Å². The van der Waals surface area contributed by atoms with Crippen molar-refractivity contribution in [1.29, 1.82) is 0 Å². The van der Waals surface area contributed by atoms with Crippen LogP contribution in [0.3, 0.4) is 0 Å². The molecule has 2 aromatic rings. The molecule has 104 valence electrons. The molecule has 0 atom stereocenters. The van der Waals surface area contributed by atoms with Crippen LogP contribution in [0.15, 0.2) is 35.6 Å². The third kappa shape index (κ3) is 3.23. The van der Waals surface area contributed by atoms with Crippen molar-refractivity contribution in [2.75, 3.05) is 5.43 Å². The molecule has 0 amide bonds. The van der Waals surface area contributed by atoms with Crippen molar-refractivity contribution in [2.24, 2.45) is 5.10 Å². The summed E-state index contributed by atoms with van der Waals surface area (Å²) in [6, 6.07) is 5.08. The van der Waals surface area contributed by atoms with E-state index in [9.17, 15) is 8.78 Å². The smallest absolute Gasteiger partial charge is 0.165 e. The van der Waals surface area contributed by atoms with Crippen molar-refractivity contribution >= 4 is 34.7 Å². The number of hydrazone groups is 1. The van der Waals surface area contributed by atoms with Gasteiger partial charge in [-0.05, 0) is 25.1 Å². The molecule has 0 unspecified atom stereocenters. The first-order chi connectivity index (χ1) is 9.49. The molecule has 0 saturated heterocycles. The monoisotopic (exact) mass is 315 g/mol. The molecular weight excluding hydrogens is 307 g/mol. The molecule has 0 saturated carbocycles. The average molecular weight is 316 g/mol. The van der Waals surface area contributed by atoms with Crippen LogP contribution < -0.4 is 5.43 Å². The van der Waals surface area contributed by atoms with Crippen molar-refractivity contribution in [1.82, 2.24) is 4.98 Å². The summed E-state index contributed by atoms with van der Waals surface area (Å²) in [7, 11) is 0. The van der Waals surface area contributed by atoms with Gasteiger partial charge in [0, 0.05) is 6.20 Å². The average Bonchev–Trinajstić information content (AvgIpc) is 2.37. The van der Waals surface area contributed by atoms with Gasteiger partial charge in [0.25, 0.3) is 0 Å². The highest BCUT2D eigenvalue weighted by Crippen LogP contribution is 2.22. The quantitative estimate of drug-likeness (QED) is 0.668. The maximum absolute atomic E-state index is 13.6. The van der Waals surface area contributed by atoms with E-state index in [0.29, 0.717) is 5.02 Å². The summed E-state index contributed by atoms with van der Waals surface area (Å²) >= 11 is 11.6. The largest absolute Gasteiger partial charge is 0.260 e. The first-order valence-corrected chi connectivity index (χ1v) is 6.30. The van der Waals surface area contributed by atoms with Crippen LogP contribution in [0.2, 0.25) is 10.0 Å². The molecular formula is C13H9Cl2F2N3. The molecule has 0 radical (unpaired) electrons. The third-order valence-electron chi connectivity index (χ3n) is 2.46. The molecule has 1 aromatic carbocycles. The lowest BCUT2D eigenvalue weighted by Gasteiger charge is -2.06. The van der Waals surface area contributed by atoms with Crippen LogP contribution in [0.4, 0.5) is 14.6 Å². The van der Waals surface area contributed by atoms with Gasteiger partial charge in [0.1, 0.15) is 11.6 Å². The zero-order valence-corrected chi connectivity index (χ0v) is 11.8. The maximum atomic E-state index is 13.6. The summed E-state index contributed by atoms with van der Waals surface area (Å²) in [6.45, 7) is 1.47. The van der Waals surface area contributed by atoms with Gasteiger partial charge in [0.05, 0.1) is 21.3 Å². The molecule has 1 aromatic heterocycles.